The summed E-state index contributed by atoms with van der Waals surface area (Å²) in [6, 6.07) is 6.72. The first-order valence-corrected chi connectivity index (χ1v) is 9.00. The van der Waals surface area contributed by atoms with Crippen LogP contribution in [0.1, 0.15) is 49.6 Å². The summed E-state index contributed by atoms with van der Waals surface area (Å²) in [5, 5.41) is 0. The van der Waals surface area contributed by atoms with Crippen LogP contribution in [0.4, 0.5) is 0 Å². The molecule has 1 fully saturated rings. The number of benzene rings is 1. The van der Waals surface area contributed by atoms with Crippen molar-refractivity contribution in [2.75, 3.05) is 13.1 Å². The van der Waals surface area contributed by atoms with Gasteiger partial charge in [-0.1, -0.05) is 12.1 Å². The quantitative estimate of drug-likeness (QED) is 0.865. The lowest BCUT2D eigenvalue weighted by Gasteiger charge is -2.32. The summed E-state index contributed by atoms with van der Waals surface area (Å²) >= 11 is 0. The first kappa shape index (κ1) is 15.7. The van der Waals surface area contributed by atoms with E-state index < -0.39 is 0 Å². The SMILES string of the molecule is Cn1ccnc1C1CCCN(Cc2ccc3c(c2)CC(C)(C)O3)C1. The number of fused-ring (bicyclic) bond motifs is 1. The fourth-order valence-electron chi connectivity index (χ4n) is 4.20. The third kappa shape index (κ3) is 3.07. The predicted molar refractivity (Wildman–Crippen MR) is 95.3 cm³/mol. The van der Waals surface area contributed by atoms with E-state index in [4.69, 9.17) is 4.74 Å². The van der Waals surface area contributed by atoms with Gasteiger partial charge in [-0.2, -0.15) is 0 Å². The number of hydrogen-bond acceptors (Lipinski definition) is 3. The van der Waals surface area contributed by atoms with Crippen LogP contribution < -0.4 is 4.74 Å². The molecule has 0 saturated carbocycles. The number of aryl methyl sites for hydroxylation is 1. The highest BCUT2D eigenvalue weighted by atomic mass is 16.5. The van der Waals surface area contributed by atoms with Crippen LogP contribution in [-0.2, 0) is 20.0 Å². The zero-order chi connectivity index (χ0) is 16.7. The fourth-order valence-corrected chi connectivity index (χ4v) is 4.20. The molecule has 4 nitrogen and oxygen atoms in total. The highest BCUT2D eigenvalue weighted by Crippen LogP contribution is 2.35. The molecule has 24 heavy (non-hydrogen) atoms. The van der Waals surface area contributed by atoms with Crippen LogP contribution in [0.25, 0.3) is 0 Å². The molecule has 3 heterocycles. The Balaban J connectivity index is 1.45. The molecular weight excluding hydrogens is 298 g/mol. The van der Waals surface area contributed by atoms with E-state index in [1.165, 1.54) is 36.3 Å². The van der Waals surface area contributed by atoms with Crippen molar-refractivity contribution in [2.24, 2.45) is 7.05 Å². The summed E-state index contributed by atoms with van der Waals surface area (Å²) in [7, 11) is 2.10. The number of ether oxygens (including phenoxy) is 1. The molecule has 0 aliphatic carbocycles. The zero-order valence-electron chi connectivity index (χ0n) is 15.0. The van der Waals surface area contributed by atoms with Gasteiger partial charge in [-0.15, -0.1) is 0 Å². The summed E-state index contributed by atoms with van der Waals surface area (Å²) in [6.07, 6.45) is 7.46. The molecule has 2 aliphatic rings. The number of aromatic nitrogens is 2. The second kappa shape index (κ2) is 5.92. The first-order chi connectivity index (χ1) is 11.5. The maximum absolute atomic E-state index is 5.99. The van der Waals surface area contributed by atoms with Crippen molar-refractivity contribution in [1.82, 2.24) is 14.5 Å². The fraction of sp³-hybridized carbons (Fsp3) is 0.550. The second-order valence-corrected chi connectivity index (χ2v) is 7.95. The highest BCUT2D eigenvalue weighted by Gasteiger charge is 2.30. The third-order valence-corrected chi connectivity index (χ3v) is 5.26. The molecular formula is C20H27N3O. The molecule has 1 unspecified atom stereocenters. The van der Waals surface area contributed by atoms with Crippen LogP contribution in [0, 0.1) is 0 Å². The molecule has 1 aromatic heterocycles. The van der Waals surface area contributed by atoms with E-state index in [0.29, 0.717) is 5.92 Å². The lowest BCUT2D eigenvalue weighted by atomic mass is 9.96. The standard InChI is InChI=1S/C20H27N3O/c1-20(2)12-17-11-15(6-7-18(17)24-20)13-23-9-4-5-16(14-23)19-21-8-10-22(19)3/h6-8,10-11,16H,4-5,9,12-14H2,1-3H3. The lowest BCUT2D eigenvalue weighted by Crippen LogP contribution is -2.34. The van der Waals surface area contributed by atoms with E-state index in [1.54, 1.807) is 0 Å². The van der Waals surface area contributed by atoms with Crippen molar-refractivity contribution in [2.45, 2.75) is 51.2 Å². The predicted octanol–water partition coefficient (Wildman–Crippen LogP) is 3.51. The van der Waals surface area contributed by atoms with Gasteiger partial charge in [0.05, 0.1) is 0 Å². The monoisotopic (exact) mass is 325 g/mol. The first-order valence-electron chi connectivity index (χ1n) is 9.00. The van der Waals surface area contributed by atoms with Crippen molar-refractivity contribution in [3.63, 3.8) is 0 Å². The summed E-state index contributed by atoms with van der Waals surface area (Å²) < 4.78 is 8.16. The molecule has 2 aromatic rings. The van der Waals surface area contributed by atoms with Gasteiger partial charge in [-0.25, -0.2) is 4.98 Å². The van der Waals surface area contributed by atoms with Crippen molar-refractivity contribution < 1.29 is 4.74 Å². The lowest BCUT2D eigenvalue weighted by molar-refractivity contribution is 0.138. The number of rotatable bonds is 3. The van der Waals surface area contributed by atoms with Crippen LogP contribution >= 0.6 is 0 Å². The molecule has 4 rings (SSSR count). The van der Waals surface area contributed by atoms with Gasteiger partial charge in [0.15, 0.2) is 0 Å². The second-order valence-electron chi connectivity index (χ2n) is 7.95. The average Bonchev–Trinajstić information content (AvgIpc) is 3.08. The third-order valence-electron chi connectivity index (χ3n) is 5.26. The minimum atomic E-state index is -0.0601. The van der Waals surface area contributed by atoms with E-state index in [0.717, 1.165) is 25.3 Å². The Morgan fingerprint density at radius 1 is 1.33 bits per heavy atom. The van der Waals surface area contributed by atoms with E-state index >= 15 is 0 Å². The molecule has 1 saturated heterocycles. The molecule has 2 aliphatic heterocycles. The minimum Gasteiger partial charge on any atom is -0.487 e. The largest absolute Gasteiger partial charge is 0.487 e. The number of imidazole rings is 1. The summed E-state index contributed by atoms with van der Waals surface area (Å²) in [6.45, 7) is 7.63. The van der Waals surface area contributed by atoms with E-state index in [2.05, 4.69) is 59.7 Å². The Labute approximate surface area is 144 Å². The van der Waals surface area contributed by atoms with Crippen molar-refractivity contribution in [1.29, 1.82) is 0 Å². The molecule has 1 aromatic carbocycles. The van der Waals surface area contributed by atoms with Crippen LogP contribution in [-0.4, -0.2) is 33.1 Å². The van der Waals surface area contributed by atoms with E-state index in [-0.39, 0.29) is 5.60 Å². The highest BCUT2D eigenvalue weighted by molar-refractivity contribution is 5.41. The topological polar surface area (TPSA) is 30.3 Å². The van der Waals surface area contributed by atoms with Crippen LogP contribution in [0.5, 0.6) is 5.75 Å². The van der Waals surface area contributed by atoms with Gasteiger partial charge in [-0.3, -0.25) is 4.90 Å². The zero-order valence-corrected chi connectivity index (χ0v) is 15.0. The summed E-state index contributed by atoms with van der Waals surface area (Å²) in [5.41, 5.74) is 2.70. The van der Waals surface area contributed by atoms with Crippen LogP contribution in [0.3, 0.4) is 0 Å². The molecule has 0 N–H and O–H groups in total. The molecule has 0 radical (unpaired) electrons. The van der Waals surface area contributed by atoms with Crippen molar-refractivity contribution in [3.05, 3.63) is 47.5 Å². The van der Waals surface area contributed by atoms with Gasteiger partial charge in [-0.05, 0) is 50.4 Å². The Morgan fingerprint density at radius 3 is 3.00 bits per heavy atom. The summed E-state index contributed by atoms with van der Waals surface area (Å²) in [4.78, 5) is 7.14. The molecule has 4 heteroatoms. The number of piperidine rings is 1. The van der Waals surface area contributed by atoms with Gasteiger partial charge >= 0.3 is 0 Å². The van der Waals surface area contributed by atoms with Crippen LogP contribution in [0.2, 0.25) is 0 Å². The maximum Gasteiger partial charge on any atom is 0.123 e. The minimum absolute atomic E-state index is 0.0601. The van der Waals surface area contributed by atoms with Gasteiger partial charge in [0.1, 0.15) is 17.2 Å². The van der Waals surface area contributed by atoms with E-state index in [1.807, 2.05) is 6.20 Å². The van der Waals surface area contributed by atoms with Crippen LogP contribution in [0.15, 0.2) is 30.6 Å². The molecule has 0 bridgehead atoms. The molecule has 0 spiro atoms. The average molecular weight is 325 g/mol. The smallest absolute Gasteiger partial charge is 0.123 e. The van der Waals surface area contributed by atoms with Gasteiger partial charge in [0.25, 0.3) is 0 Å². The Morgan fingerprint density at radius 2 is 2.21 bits per heavy atom. The van der Waals surface area contributed by atoms with Crippen molar-refractivity contribution >= 4 is 0 Å². The van der Waals surface area contributed by atoms with Crippen molar-refractivity contribution in [3.8, 4) is 5.75 Å². The number of likely N-dealkylation sites (tertiary alicyclic amines) is 1. The normalized spacial score (nSPS) is 23.0. The molecule has 128 valence electrons. The van der Waals surface area contributed by atoms with Gasteiger partial charge in [0, 0.05) is 44.9 Å². The Bertz CT molecular complexity index is 734. The Hall–Kier alpha value is -1.81. The number of hydrogen-bond donors (Lipinski definition) is 0. The van der Waals surface area contributed by atoms with Gasteiger partial charge in [0.2, 0.25) is 0 Å². The van der Waals surface area contributed by atoms with Gasteiger partial charge < -0.3 is 9.30 Å². The molecule has 1 atom stereocenters. The number of nitrogens with zero attached hydrogens (tertiary/aromatic N) is 3. The van der Waals surface area contributed by atoms with E-state index in [9.17, 15) is 0 Å². The Kier molecular flexibility index (Phi) is 3.87. The molecule has 0 amide bonds. The maximum atomic E-state index is 5.99. The summed E-state index contributed by atoms with van der Waals surface area (Å²) in [5.74, 6) is 2.84.